The summed E-state index contributed by atoms with van der Waals surface area (Å²) in [6, 6.07) is 9.15. The lowest BCUT2D eigenvalue weighted by Gasteiger charge is -2.37. The Morgan fingerprint density at radius 3 is 2.95 bits per heavy atom. The Bertz CT molecular complexity index is 510. The van der Waals surface area contributed by atoms with E-state index in [1.807, 2.05) is 36.2 Å². The fraction of sp³-hybridized carbons (Fsp3) is 0.429. The van der Waals surface area contributed by atoms with Crippen LogP contribution < -0.4 is 9.64 Å². The van der Waals surface area contributed by atoms with Crippen LogP contribution in [0.3, 0.4) is 0 Å². The molecule has 0 aliphatic carbocycles. The second-order valence-electron chi connectivity index (χ2n) is 4.55. The molecular weight excluding hydrogens is 242 g/mol. The maximum atomic E-state index is 12.4. The van der Waals surface area contributed by atoms with Crippen LogP contribution >= 0.6 is 0 Å². The van der Waals surface area contributed by atoms with Crippen molar-refractivity contribution in [3.8, 4) is 11.8 Å². The van der Waals surface area contributed by atoms with Gasteiger partial charge in [0.15, 0.2) is 0 Å². The predicted octanol–water partition coefficient (Wildman–Crippen LogP) is 1.26. The van der Waals surface area contributed by atoms with E-state index in [1.165, 1.54) is 0 Å². The largest absolute Gasteiger partial charge is 0.497 e. The molecule has 19 heavy (non-hydrogen) atoms. The molecule has 1 amide bonds. The molecule has 0 aromatic heterocycles. The summed E-state index contributed by atoms with van der Waals surface area (Å²) < 4.78 is 5.18. The third-order valence-electron chi connectivity index (χ3n) is 3.41. The summed E-state index contributed by atoms with van der Waals surface area (Å²) in [7, 11) is 3.48. The molecule has 1 atom stereocenters. The molecule has 2 rings (SSSR count). The summed E-state index contributed by atoms with van der Waals surface area (Å²) >= 11 is 0. The number of nitriles is 1. The number of rotatable bonds is 3. The number of nitrogens with zero attached hydrogens (tertiary/aromatic N) is 3. The Morgan fingerprint density at radius 2 is 2.26 bits per heavy atom. The van der Waals surface area contributed by atoms with E-state index in [1.54, 1.807) is 12.0 Å². The monoisotopic (exact) mass is 259 g/mol. The number of likely N-dealkylation sites (N-methyl/N-ethyl adjacent to an activating group) is 1. The normalized spacial score (nSPS) is 20.2. The first kappa shape index (κ1) is 13.4. The minimum absolute atomic E-state index is 0.0245. The maximum absolute atomic E-state index is 12.4. The Hall–Kier alpha value is -2.06. The van der Waals surface area contributed by atoms with Gasteiger partial charge in [-0.2, -0.15) is 5.26 Å². The topological polar surface area (TPSA) is 56.6 Å². The van der Waals surface area contributed by atoms with Gasteiger partial charge in [-0.3, -0.25) is 9.69 Å². The Balaban J connectivity index is 2.24. The molecule has 0 N–H and O–H groups in total. The Labute approximate surface area is 113 Å². The van der Waals surface area contributed by atoms with E-state index in [2.05, 4.69) is 6.07 Å². The number of piperazine rings is 1. The number of hydrogen-bond donors (Lipinski definition) is 0. The zero-order valence-electron chi connectivity index (χ0n) is 11.2. The molecule has 0 spiro atoms. The van der Waals surface area contributed by atoms with Crippen molar-refractivity contribution in [2.45, 2.75) is 12.5 Å². The molecule has 1 unspecified atom stereocenters. The van der Waals surface area contributed by atoms with Gasteiger partial charge in [0.05, 0.1) is 19.6 Å². The molecule has 0 radical (unpaired) electrons. The zero-order chi connectivity index (χ0) is 13.8. The first-order valence-electron chi connectivity index (χ1n) is 6.20. The number of hydrogen-bond acceptors (Lipinski definition) is 4. The van der Waals surface area contributed by atoms with Crippen LogP contribution in [0.4, 0.5) is 5.69 Å². The molecule has 1 aromatic rings. The molecule has 0 bridgehead atoms. The van der Waals surface area contributed by atoms with Crippen LogP contribution in [0, 0.1) is 11.3 Å². The first-order valence-corrected chi connectivity index (χ1v) is 6.20. The highest BCUT2D eigenvalue weighted by atomic mass is 16.5. The predicted molar refractivity (Wildman–Crippen MR) is 72.0 cm³/mol. The highest BCUT2D eigenvalue weighted by molar-refractivity contribution is 5.98. The minimum atomic E-state index is -0.357. The molecular formula is C14H17N3O2. The van der Waals surface area contributed by atoms with Gasteiger partial charge in [-0.05, 0) is 19.2 Å². The van der Waals surface area contributed by atoms with Gasteiger partial charge >= 0.3 is 0 Å². The third-order valence-corrected chi connectivity index (χ3v) is 3.41. The summed E-state index contributed by atoms with van der Waals surface area (Å²) in [5, 5.41) is 8.83. The van der Waals surface area contributed by atoms with E-state index in [4.69, 9.17) is 10.00 Å². The summed E-state index contributed by atoms with van der Waals surface area (Å²) in [5.41, 5.74) is 0.820. The minimum Gasteiger partial charge on any atom is -0.497 e. The quantitative estimate of drug-likeness (QED) is 0.820. The average Bonchev–Trinajstić information content (AvgIpc) is 2.43. The summed E-state index contributed by atoms with van der Waals surface area (Å²) in [6.07, 6.45) is 0.218. The lowest BCUT2D eigenvalue weighted by molar-refractivity contribution is -0.125. The van der Waals surface area contributed by atoms with Gasteiger partial charge < -0.3 is 9.64 Å². The van der Waals surface area contributed by atoms with Crippen LogP contribution in [0.5, 0.6) is 5.75 Å². The number of ether oxygens (including phenoxy) is 1. The molecule has 0 saturated carbocycles. The van der Waals surface area contributed by atoms with Gasteiger partial charge in [0.2, 0.25) is 5.91 Å². The fourth-order valence-electron chi connectivity index (χ4n) is 2.26. The van der Waals surface area contributed by atoms with Crippen molar-refractivity contribution < 1.29 is 9.53 Å². The maximum Gasteiger partial charge on any atom is 0.245 e. The number of benzene rings is 1. The van der Waals surface area contributed by atoms with E-state index in [0.717, 1.165) is 18.0 Å². The highest BCUT2D eigenvalue weighted by Crippen LogP contribution is 2.24. The Kier molecular flexibility index (Phi) is 4.03. The summed E-state index contributed by atoms with van der Waals surface area (Å²) in [6.45, 7) is 1.39. The molecule has 1 heterocycles. The molecule has 1 fully saturated rings. The number of carbonyl (C=O) groups is 1. The molecule has 5 nitrogen and oxygen atoms in total. The first-order chi connectivity index (χ1) is 9.17. The average molecular weight is 259 g/mol. The second-order valence-corrected chi connectivity index (χ2v) is 4.55. The standard InChI is InChI=1S/C14H17N3O2/c1-16-8-9-17(14(18)13(16)6-7-15)11-4-3-5-12(10-11)19-2/h3-5,10,13H,6,8-9H2,1-2H3. The van der Waals surface area contributed by atoms with Crippen LogP contribution in [0.2, 0.25) is 0 Å². The number of carbonyl (C=O) groups excluding carboxylic acids is 1. The molecule has 1 aromatic carbocycles. The molecule has 1 aliphatic rings. The molecule has 5 heteroatoms. The van der Waals surface area contributed by atoms with Gasteiger partial charge in [-0.1, -0.05) is 6.07 Å². The van der Waals surface area contributed by atoms with Crippen molar-refractivity contribution in [3.05, 3.63) is 24.3 Å². The van der Waals surface area contributed by atoms with Crippen LogP contribution in [0.1, 0.15) is 6.42 Å². The Morgan fingerprint density at radius 1 is 1.47 bits per heavy atom. The van der Waals surface area contributed by atoms with Crippen molar-refractivity contribution in [2.24, 2.45) is 0 Å². The molecule has 100 valence electrons. The number of methoxy groups -OCH3 is 1. The second kappa shape index (κ2) is 5.72. The van der Waals surface area contributed by atoms with E-state index < -0.39 is 0 Å². The van der Waals surface area contributed by atoms with Gasteiger partial charge in [-0.25, -0.2) is 0 Å². The van der Waals surface area contributed by atoms with Crippen molar-refractivity contribution in [1.29, 1.82) is 5.26 Å². The third kappa shape index (κ3) is 2.69. The molecule has 1 aliphatic heterocycles. The van der Waals surface area contributed by atoms with Crippen molar-refractivity contribution in [2.75, 3.05) is 32.1 Å². The SMILES string of the molecule is COc1cccc(N2CCN(C)C(CC#N)C2=O)c1. The van der Waals surface area contributed by atoms with E-state index in [0.29, 0.717) is 6.54 Å². The summed E-state index contributed by atoms with van der Waals surface area (Å²) in [5.74, 6) is 0.699. The van der Waals surface area contributed by atoms with Crippen molar-refractivity contribution >= 4 is 11.6 Å². The van der Waals surface area contributed by atoms with Crippen molar-refractivity contribution in [1.82, 2.24) is 4.90 Å². The van der Waals surface area contributed by atoms with Gasteiger partial charge in [0.1, 0.15) is 11.8 Å². The number of anilines is 1. The van der Waals surface area contributed by atoms with E-state index in [-0.39, 0.29) is 18.4 Å². The van der Waals surface area contributed by atoms with Gasteiger partial charge in [0, 0.05) is 24.8 Å². The van der Waals surface area contributed by atoms with Crippen LogP contribution in [0.25, 0.3) is 0 Å². The van der Waals surface area contributed by atoms with Gasteiger partial charge in [-0.15, -0.1) is 0 Å². The lowest BCUT2D eigenvalue weighted by Crippen LogP contribution is -2.55. The van der Waals surface area contributed by atoms with E-state index >= 15 is 0 Å². The fourth-order valence-corrected chi connectivity index (χ4v) is 2.26. The summed E-state index contributed by atoms with van der Waals surface area (Å²) in [4.78, 5) is 16.1. The highest BCUT2D eigenvalue weighted by Gasteiger charge is 2.33. The lowest BCUT2D eigenvalue weighted by atomic mass is 10.1. The smallest absolute Gasteiger partial charge is 0.245 e. The van der Waals surface area contributed by atoms with Crippen LogP contribution in [-0.4, -0.2) is 44.1 Å². The number of amides is 1. The van der Waals surface area contributed by atoms with Crippen molar-refractivity contribution in [3.63, 3.8) is 0 Å². The van der Waals surface area contributed by atoms with Crippen LogP contribution in [0.15, 0.2) is 24.3 Å². The van der Waals surface area contributed by atoms with E-state index in [9.17, 15) is 4.79 Å². The van der Waals surface area contributed by atoms with Crippen LogP contribution in [-0.2, 0) is 4.79 Å². The molecule has 1 saturated heterocycles. The van der Waals surface area contributed by atoms with Gasteiger partial charge in [0.25, 0.3) is 0 Å². The zero-order valence-corrected chi connectivity index (χ0v) is 11.2.